The van der Waals surface area contributed by atoms with Gasteiger partial charge in [-0.1, -0.05) is 30.3 Å². The predicted octanol–water partition coefficient (Wildman–Crippen LogP) is 0.503. The minimum atomic E-state index is -1.06. The van der Waals surface area contributed by atoms with Gasteiger partial charge in [0, 0.05) is 13.0 Å². The molecule has 8 heteroatoms. The van der Waals surface area contributed by atoms with E-state index in [-0.39, 0.29) is 31.8 Å². The van der Waals surface area contributed by atoms with Crippen molar-refractivity contribution in [1.82, 2.24) is 4.90 Å². The highest BCUT2D eigenvalue weighted by Crippen LogP contribution is 2.14. The van der Waals surface area contributed by atoms with Crippen molar-refractivity contribution in [2.75, 3.05) is 0 Å². The summed E-state index contributed by atoms with van der Waals surface area (Å²) in [5, 5.41) is 8.78. The Morgan fingerprint density at radius 3 is 2.22 bits per heavy atom. The number of nitrogens with two attached hydrogens (primary N) is 2. The quantitative estimate of drug-likeness (QED) is 0.633. The Labute approximate surface area is 141 Å². The van der Waals surface area contributed by atoms with E-state index in [9.17, 15) is 14.4 Å². The molecule has 0 heterocycles. The van der Waals surface area contributed by atoms with E-state index in [0.29, 0.717) is 0 Å². The van der Waals surface area contributed by atoms with Crippen LogP contribution in [0.25, 0.3) is 0 Å². The summed E-state index contributed by atoms with van der Waals surface area (Å²) in [6.07, 6.45) is -0.304. The number of primary amides is 1. The van der Waals surface area contributed by atoms with Crippen molar-refractivity contribution < 1.29 is 19.5 Å². The van der Waals surface area contributed by atoms with Crippen LogP contribution in [0, 0.1) is 0 Å². The van der Waals surface area contributed by atoms with Crippen LogP contribution in [0.1, 0.15) is 25.3 Å². The van der Waals surface area contributed by atoms with E-state index in [0.717, 1.165) is 5.56 Å². The van der Waals surface area contributed by atoms with Gasteiger partial charge in [-0.3, -0.25) is 14.4 Å². The lowest BCUT2D eigenvalue weighted by molar-refractivity contribution is -0.143. The van der Waals surface area contributed by atoms with Gasteiger partial charge in [0.05, 0.1) is 6.04 Å². The van der Waals surface area contributed by atoms with Crippen LogP contribution in [0.5, 0.6) is 0 Å². The number of halogens is 1. The Bertz CT molecular complexity index is 537. The van der Waals surface area contributed by atoms with Gasteiger partial charge in [-0.15, -0.1) is 12.4 Å². The number of carbonyl (C=O) groups is 3. The van der Waals surface area contributed by atoms with Gasteiger partial charge in [0.1, 0.15) is 6.04 Å². The molecule has 0 aromatic heterocycles. The molecule has 0 bridgehead atoms. The zero-order valence-corrected chi connectivity index (χ0v) is 13.7. The van der Waals surface area contributed by atoms with Crippen molar-refractivity contribution in [3.8, 4) is 0 Å². The number of rotatable bonds is 8. The molecular formula is C15H22ClN3O4. The number of benzene rings is 1. The van der Waals surface area contributed by atoms with Gasteiger partial charge in [-0.2, -0.15) is 0 Å². The molecule has 0 saturated carbocycles. The third-order valence-electron chi connectivity index (χ3n) is 3.20. The maximum atomic E-state index is 12.3. The molecule has 1 rings (SSSR count). The fourth-order valence-corrected chi connectivity index (χ4v) is 2.10. The Hall–Kier alpha value is -2.12. The summed E-state index contributed by atoms with van der Waals surface area (Å²) < 4.78 is 0. The van der Waals surface area contributed by atoms with Crippen LogP contribution in [0.3, 0.4) is 0 Å². The minimum Gasteiger partial charge on any atom is -0.481 e. The summed E-state index contributed by atoms with van der Waals surface area (Å²) in [7, 11) is 0. The van der Waals surface area contributed by atoms with Crippen molar-refractivity contribution in [2.45, 2.75) is 38.4 Å². The first kappa shape index (κ1) is 20.9. The monoisotopic (exact) mass is 343 g/mol. The van der Waals surface area contributed by atoms with Crippen LogP contribution >= 0.6 is 12.4 Å². The van der Waals surface area contributed by atoms with Gasteiger partial charge < -0.3 is 21.5 Å². The van der Waals surface area contributed by atoms with E-state index >= 15 is 0 Å². The molecule has 0 radical (unpaired) electrons. The molecule has 1 aromatic rings. The van der Waals surface area contributed by atoms with Crippen molar-refractivity contribution in [2.24, 2.45) is 11.5 Å². The van der Waals surface area contributed by atoms with Gasteiger partial charge in [-0.05, 0) is 18.9 Å². The van der Waals surface area contributed by atoms with E-state index in [1.807, 2.05) is 6.07 Å². The van der Waals surface area contributed by atoms with E-state index in [4.69, 9.17) is 16.6 Å². The first-order valence-electron chi connectivity index (χ1n) is 6.94. The minimum absolute atomic E-state index is 0. The average Bonchev–Trinajstić information content (AvgIpc) is 2.45. The lowest BCUT2D eigenvalue weighted by atomic mass is 10.1. The number of amides is 2. The molecule has 23 heavy (non-hydrogen) atoms. The second-order valence-electron chi connectivity index (χ2n) is 5.09. The molecule has 0 saturated heterocycles. The summed E-state index contributed by atoms with van der Waals surface area (Å²) in [4.78, 5) is 35.9. The average molecular weight is 344 g/mol. The predicted molar refractivity (Wildman–Crippen MR) is 87.7 cm³/mol. The van der Waals surface area contributed by atoms with Crippen molar-refractivity contribution >= 4 is 30.2 Å². The maximum absolute atomic E-state index is 12.3. The van der Waals surface area contributed by atoms with E-state index in [1.165, 1.54) is 11.8 Å². The third-order valence-corrected chi connectivity index (χ3v) is 3.20. The van der Waals surface area contributed by atoms with Crippen molar-refractivity contribution in [1.29, 1.82) is 0 Å². The fraction of sp³-hybridized carbons (Fsp3) is 0.400. The van der Waals surface area contributed by atoms with Gasteiger partial charge in [0.25, 0.3) is 0 Å². The fourth-order valence-electron chi connectivity index (χ4n) is 2.10. The Kier molecular flexibility index (Phi) is 8.90. The van der Waals surface area contributed by atoms with E-state index < -0.39 is 29.9 Å². The van der Waals surface area contributed by atoms with Gasteiger partial charge in [0.2, 0.25) is 11.8 Å². The number of aliphatic carboxylic acids is 1. The second-order valence-corrected chi connectivity index (χ2v) is 5.09. The number of carboxylic acids is 1. The zero-order valence-electron chi connectivity index (χ0n) is 12.8. The molecule has 5 N–H and O–H groups in total. The molecule has 2 atom stereocenters. The molecule has 7 nitrogen and oxygen atoms in total. The van der Waals surface area contributed by atoms with Crippen molar-refractivity contribution in [3.63, 3.8) is 0 Å². The Morgan fingerprint density at radius 2 is 1.78 bits per heavy atom. The normalized spacial score (nSPS) is 12.6. The topological polar surface area (TPSA) is 127 Å². The third kappa shape index (κ3) is 6.66. The Balaban J connectivity index is 0.00000484. The van der Waals surface area contributed by atoms with E-state index in [1.54, 1.807) is 24.3 Å². The molecule has 0 unspecified atom stereocenters. The van der Waals surface area contributed by atoms with Crippen LogP contribution in [0.2, 0.25) is 0 Å². The molecule has 0 aliphatic rings. The smallest absolute Gasteiger partial charge is 0.303 e. The first-order valence-corrected chi connectivity index (χ1v) is 6.94. The summed E-state index contributed by atoms with van der Waals surface area (Å²) in [5.41, 5.74) is 11.8. The van der Waals surface area contributed by atoms with Crippen molar-refractivity contribution in [3.05, 3.63) is 35.9 Å². The van der Waals surface area contributed by atoms with Gasteiger partial charge in [0.15, 0.2) is 0 Å². The number of nitrogens with zero attached hydrogens (tertiary/aromatic N) is 1. The molecule has 0 spiro atoms. The van der Waals surface area contributed by atoms with Gasteiger partial charge >= 0.3 is 5.97 Å². The summed E-state index contributed by atoms with van der Waals surface area (Å²) in [5.74, 6) is -2.25. The highest BCUT2D eigenvalue weighted by Gasteiger charge is 2.30. The standard InChI is InChI=1S/C15H21N3O4.ClH/c1-10(16)15(22)18(9-11-5-3-2-4-6-11)12(14(17)21)7-8-13(19)20;/h2-6,10,12H,7-9,16H2,1H3,(H2,17,21)(H,19,20);1H/t10-,12+;/m0./s1. The summed E-state index contributed by atoms with van der Waals surface area (Å²) >= 11 is 0. The number of carboxylic acid groups (broad SMARTS) is 1. The second kappa shape index (κ2) is 9.81. The lowest BCUT2D eigenvalue weighted by Gasteiger charge is -2.31. The number of hydrogen-bond donors (Lipinski definition) is 3. The number of carbonyl (C=O) groups excluding carboxylic acids is 2. The molecule has 2 amide bonds. The highest BCUT2D eigenvalue weighted by molar-refractivity contribution is 5.89. The molecule has 0 aliphatic heterocycles. The summed E-state index contributed by atoms with van der Waals surface area (Å²) in [6, 6.07) is 7.23. The molecular weight excluding hydrogens is 322 g/mol. The van der Waals surface area contributed by atoms with Crippen LogP contribution < -0.4 is 11.5 Å². The molecule has 0 fully saturated rings. The lowest BCUT2D eigenvalue weighted by Crippen LogP contribution is -2.52. The number of hydrogen-bond acceptors (Lipinski definition) is 4. The zero-order chi connectivity index (χ0) is 16.7. The SMILES string of the molecule is C[C@H](N)C(=O)N(Cc1ccccc1)[C@H](CCC(=O)O)C(N)=O.Cl. The largest absolute Gasteiger partial charge is 0.481 e. The highest BCUT2D eigenvalue weighted by atomic mass is 35.5. The maximum Gasteiger partial charge on any atom is 0.303 e. The molecule has 128 valence electrons. The van der Waals surface area contributed by atoms with E-state index in [2.05, 4.69) is 0 Å². The molecule has 1 aromatic carbocycles. The first-order chi connectivity index (χ1) is 10.3. The van der Waals surface area contributed by atoms with Gasteiger partial charge in [-0.25, -0.2) is 0 Å². The summed E-state index contributed by atoms with van der Waals surface area (Å²) in [6.45, 7) is 1.66. The van der Waals surface area contributed by atoms with Crippen LogP contribution in [-0.4, -0.2) is 39.9 Å². The van der Waals surface area contributed by atoms with Crippen LogP contribution in [0.4, 0.5) is 0 Å². The molecule has 0 aliphatic carbocycles. The Morgan fingerprint density at radius 1 is 1.22 bits per heavy atom. The van der Waals surface area contributed by atoms with Crippen LogP contribution in [0.15, 0.2) is 30.3 Å². The van der Waals surface area contributed by atoms with Crippen LogP contribution in [-0.2, 0) is 20.9 Å².